The summed E-state index contributed by atoms with van der Waals surface area (Å²) in [7, 11) is 0. The van der Waals surface area contributed by atoms with E-state index >= 15 is 0 Å². The minimum Gasteiger partial charge on any atom is -0.406 e. The van der Waals surface area contributed by atoms with Gasteiger partial charge in [-0.15, -0.1) is 13.2 Å². The highest BCUT2D eigenvalue weighted by atomic mass is 19.4. The average Bonchev–Trinajstić information content (AvgIpc) is 2.44. The Balaban J connectivity index is 2.17. The lowest BCUT2D eigenvalue weighted by Gasteiger charge is -2.35. The van der Waals surface area contributed by atoms with E-state index < -0.39 is 6.36 Å². The van der Waals surface area contributed by atoms with Gasteiger partial charge in [0.1, 0.15) is 5.75 Å². The Morgan fingerprint density at radius 1 is 1.29 bits per heavy atom. The summed E-state index contributed by atoms with van der Waals surface area (Å²) in [6.07, 6.45) is -4.21. The van der Waals surface area contributed by atoms with Gasteiger partial charge in [0.25, 0.3) is 0 Å². The molecule has 1 aromatic rings. The van der Waals surface area contributed by atoms with Crippen LogP contribution < -0.4 is 10.1 Å². The molecule has 0 aliphatic carbocycles. The summed E-state index contributed by atoms with van der Waals surface area (Å²) in [6, 6.07) is 5.89. The number of aliphatic hydroxyl groups is 1. The molecule has 7 heteroatoms. The van der Waals surface area contributed by atoms with E-state index in [0.29, 0.717) is 6.42 Å². The predicted molar refractivity (Wildman–Crippen MR) is 72.0 cm³/mol. The van der Waals surface area contributed by atoms with Gasteiger partial charge < -0.3 is 15.2 Å². The molecule has 1 saturated heterocycles. The fraction of sp³-hybridized carbons (Fsp3) is 0.571. The van der Waals surface area contributed by atoms with Crippen LogP contribution in [0, 0.1) is 0 Å². The first kappa shape index (κ1) is 16.1. The number of ether oxygens (including phenoxy) is 1. The molecule has 0 unspecified atom stereocenters. The smallest absolute Gasteiger partial charge is 0.406 e. The van der Waals surface area contributed by atoms with Crippen LogP contribution in [0.3, 0.4) is 0 Å². The second-order valence-electron chi connectivity index (χ2n) is 4.93. The van der Waals surface area contributed by atoms with E-state index in [4.69, 9.17) is 0 Å². The molecule has 21 heavy (non-hydrogen) atoms. The maximum atomic E-state index is 12.3. The summed E-state index contributed by atoms with van der Waals surface area (Å²) < 4.78 is 40.9. The van der Waals surface area contributed by atoms with Gasteiger partial charge in [-0.05, 0) is 24.1 Å². The van der Waals surface area contributed by atoms with E-state index in [9.17, 15) is 18.3 Å². The zero-order chi connectivity index (χ0) is 15.3. The topological polar surface area (TPSA) is 44.7 Å². The second-order valence-corrected chi connectivity index (χ2v) is 4.93. The number of aliphatic hydroxyl groups excluding tert-OH is 1. The predicted octanol–water partition coefficient (Wildman–Crippen LogP) is 1.91. The molecule has 0 bridgehead atoms. The fourth-order valence-electron chi connectivity index (χ4n) is 2.60. The molecule has 0 radical (unpaired) electrons. The summed E-state index contributed by atoms with van der Waals surface area (Å²) in [6.45, 7) is 3.25. The Bertz CT molecular complexity index is 448. The molecule has 1 fully saturated rings. The highest BCUT2D eigenvalue weighted by molar-refractivity contribution is 5.31. The van der Waals surface area contributed by atoms with Crippen LogP contribution in [0.25, 0.3) is 0 Å². The highest BCUT2D eigenvalue weighted by Gasteiger charge is 2.31. The summed E-state index contributed by atoms with van der Waals surface area (Å²) in [5.41, 5.74) is 0.729. The summed E-state index contributed by atoms with van der Waals surface area (Å²) in [4.78, 5) is 2.17. The SMILES string of the molecule is OCC[C@@H](c1cccc(OC(F)(F)F)c1)N1CCNCC1. The first-order chi connectivity index (χ1) is 9.99. The van der Waals surface area contributed by atoms with Crippen LogP contribution in [-0.4, -0.2) is 49.2 Å². The highest BCUT2D eigenvalue weighted by Crippen LogP contribution is 2.29. The van der Waals surface area contributed by atoms with Crippen molar-refractivity contribution in [1.29, 1.82) is 0 Å². The molecule has 1 aliphatic rings. The van der Waals surface area contributed by atoms with Gasteiger partial charge in [0.2, 0.25) is 0 Å². The Morgan fingerprint density at radius 3 is 2.62 bits per heavy atom. The Hall–Kier alpha value is -1.31. The summed E-state index contributed by atoms with van der Waals surface area (Å²) in [5, 5.41) is 12.5. The van der Waals surface area contributed by atoms with Crippen molar-refractivity contribution >= 4 is 0 Å². The van der Waals surface area contributed by atoms with E-state index in [1.165, 1.54) is 12.1 Å². The molecule has 118 valence electrons. The largest absolute Gasteiger partial charge is 0.573 e. The van der Waals surface area contributed by atoms with Gasteiger partial charge in [0, 0.05) is 38.8 Å². The molecule has 1 aromatic carbocycles. The monoisotopic (exact) mass is 304 g/mol. The molecular formula is C14H19F3N2O2. The molecule has 1 aliphatic heterocycles. The Labute approximate surface area is 121 Å². The lowest BCUT2D eigenvalue weighted by atomic mass is 10.0. The maximum Gasteiger partial charge on any atom is 0.573 e. The molecule has 0 spiro atoms. The fourth-order valence-corrected chi connectivity index (χ4v) is 2.60. The van der Waals surface area contributed by atoms with Gasteiger partial charge in [0.15, 0.2) is 0 Å². The lowest BCUT2D eigenvalue weighted by Crippen LogP contribution is -2.45. The third kappa shape index (κ3) is 4.87. The minimum absolute atomic E-state index is 0.0149. The van der Waals surface area contributed by atoms with Gasteiger partial charge in [-0.25, -0.2) is 0 Å². The number of piperazine rings is 1. The third-order valence-corrected chi connectivity index (χ3v) is 3.47. The van der Waals surface area contributed by atoms with Crippen molar-refractivity contribution in [2.45, 2.75) is 18.8 Å². The normalized spacial score (nSPS) is 18.5. The van der Waals surface area contributed by atoms with E-state index in [-0.39, 0.29) is 18.4 Å². The number of benzene rings is 1. The van der Waals surface area contributed by atoms with Crippen LogP contribution in [0.2, 0.25) is 0 Å². The van der Waals surface area contributed by atoms with Crippen molar-refractivity contribution in [1.82, 2.24) is 10.2 Å². The average molecular weight is 304 g/mol. The molecule has 2 rings (SSSR count). The Kier molecular flexibility index (Phi) is 5.44. The van der Waals surface area contributed by atoms with Crippen LogP contribution in [0.5, 0.6) is 5.75 Å². The van der Waals surface area contributed by atoms with Crippen molar-refractivity contribution in [3.63, 3.8) is 0 Å². The zero-order valence-corrected chi connectivity index (χ0v) is 11.6. The summed E-state index contributed by atoms with van der Waals surface area (Å²) >= 11 is 0. The van der Waals surface area contributed by atoms with E-state index in [2.05, 4.69) is 15.0 Å². The van der Waals surface area contributed by atoms with Gasteiger partial charge in [-0.3, -0.25) is 4.90 Å². The van der Waals surface area contributed by atoms with Crippen molar-refractivity contribution < 1.29 is 23.0 Å². The third-order valence-electron chi connectivity index (χ3n) is 3.47. The molecule has 0 aromatic heterocycles. The number of hydrogen-bond donors (Lipinski definition) is 2. The van der Waals surface area contributed by atoms with Crippen LogP contribution >= 0.6 is 0 Å². The first-order valence-electron chi connectivity index (χ1n) is 6.91. The van der Waals surface area contributed by atoms with Crippen LogP contribution in [-0.2, 0) is 0 Å². The standard InChI is InChI=1S/C14H19F3N2O2/c15-14(16,17)21-12-3-1-2-11(10-12)13(4-9-20)19-7-5-18-6-8-19/h1-3,10,13,18,20H,4-9H2/t13-/m0/s1. The molecule has 0 saturated carbocycles. The van der Waals surface area contributed by atoms with Crippen molar-refractivity contribution in [3.8, 4) is 5.75 Å². The molecule has 0 amide bonds. The van der Waals surface area contributed by atoms with Gasteiger partial charge in [-0.2, -0.15) is 0 Å². The summed E-state index contributed by atoms with van der Waals surface area (Å²) in [5.74, 6) is -0.224. The molecule has 1 atom stereocenters. The van der Waals surface area contributed by atoms with Gasteiger partial charge in [-0.1, -0.05) is 12.1 Å². The maximum absolute atomic E-state index is 12.3. The van der Waals surface area contributed by atoms with Crippen molar-refractivity contribution in [3.05, 3.63) is 29.8 Å². The van der Waals surface area contributed by atoms with Crippen LogP contribution in [0.15, 0.2) is 24.3 Å². The number of halogens is 3. The first-order valence-corrected chi connectivity index (χ1v) is 6.91. The van der Waals surface area contributed by atoms with E-state index in [0.717, 1.165) is 31.7 Å². The number of nitrogens with zero attached hydrogens (tertiary/aromatic N) is 1. The molecule has 4 nitrogen and oxygen atoms in total. The van der Waals surface area contributed by atoms with Crippen LogP contribution in [0.4, 0.5) is 13.2 Å². The molecule has 2 N–H and O–H groups in total. The van der Waals surface area contributed by atoms with E-state index in [1.807, 2.05) is 0 Å². The van der Waals surface area contributed by atoms with Crippen molar-refractivity contribution in [2.24, 2.45) is 0 Å². The number of alkyl halides is 3. The van der Waals surface area contributed by atoms with Crippen molar-refractivity contribution in [2.75, 3.05) is 32.8 Å². The number of hydrogen-bond acceptors (Lipinski definition) is 4. The van der Waals surface area contributed by atoms with Gasteiger partial charge in [0.05, 0.1) is 0 Å². The molecule has 1 heterocycles. The number of nitrogens with one attached hydrogen (secondary N) is 1. The van der Waals surface area contributed by atoms with E-state index in [1.54, 1.807) is 12.1 Å². The quantitative estimate of drug-likeness (QED) is 0.872. The molecular weight excluding hydrogens is 285 g/mol. The Morgan fingerprint density at radius 2 is 2.00 bits per heavy atom. The minimum atomic E-state index is -4.69. The van der Waals surface area contributed by atoms with Crippen LogP contribution in [0.1, 0.15) is 18.0 Å². The van der Waals surface area contributed by atoms with Gasteiger partial charge >= 0.3 is 6.36 Å². The lowest BCUT2D eigenvalue weighted by molar-refractivity contribution is -0.274. The number of rotatable bonds is 5. The zero-order valence-electron chi connectivity index (χ0n) is 11.6. The second kappa shape index (κ2) is 7.11.